The fraction of sp³-hybridized carbons (Fsp3) is 0.467. The summed E-state index contributed by atoms with van der Waals surface area (Å²) in [6.07, 6.45) is 5.36. The first-order valence-corrected chi connectivity index (χ1v) is 6.24. The summed E-state index contributed by atoms with van der Waals surface area (Å²) in [5.74, 6) is 0. The average Bonchev–Trinajstić information content (AvgIpc) is 2.33. The lowest BCUT2D eigenvalue weighted by Crippen LogP contribution is -2.25. The normalized spacial score (nSPS) is 11.5. The maximum absolute atomic E-state index is 2.46. The van der Waals surface area contributed by atoms with Crippen molar-refractivity contribution < 1.29 is 0 Å². The summed E-state index contributed by atoms with van der Waals surface area (Å²) in [5, 5.41) is 0. The minimum absolute atomic E-state index is 1.15. The summed E-state index contributed by atoms with van der Waals surface area (Å²) in [6, 6.07) is 8.85. The Morgan fingerprint density at radius 1 is 1.06 bits per heavy atom. The van der Waals surface area contributed by atoms with Crippen molar-refractivity contribution in [2.45, 2.75) is 27.2 Å². The molecule has 0 unspecified atom stereocenters. The van der Waals surface area contributed by atoms with Crippen LogP contribution in [0.4, 0.5) is 0 Å². The van der Waals surface area contributed by atoms with Crippen LogP contribution in [0.2, 0.25) is 0 Å². The van der Waals surface area contributed by atoms with E-state index in [-0.39, 0.29) is 0 Å². The maximum atomic E-state index is 2.46. The summed E-state index contributed by atoms with van der Waals surface area (Å²) in [6.45, 7) is 9.95. The highest BCUT2D eigenvalue weighted by molar-refractivity contribution is 5.49. The highest BCUT2D eigenvalue weighted by Gasteiger charge is 1.99. The fourth-order valence-corrected chi connectivity index (χ4v) is 1.81. The van der Waals surface area contributed by atoms with Gasteiger partial charge in [-0.1, -0.05) is 50.3 Å². The lowest BCUT2D eigenvalue weighted by atomic mass is 10.1. The quantitative estimate of drug-likeness (QED) is 0.703. The van der Waals surface area contributed by atoms with Crippen molar-refractivity contribution in [2.24, 2.45) is 0 Å². The zero-order chi connectivity index (χ0) is 11.8. The number of rotatable bonds is 6. The van der Waals surface area contributed by atoms with Crippen LogP contribution < -0.4 is 0 Å². The van der Waals surface area contributed by atoms with E-state index in [4.69, 9.17) is 0 Å². The van der Waals surface area contributed by atoms with Crippen LogP contribution in [0, 0.1) is 0 Å². The van der Waals surface area contributed by atoms with E-state index in [0.717, 1.165) is 26.1 Å². The first-order valence-electron chi connectivity index (χ1n) is 6.24. The molecule has 0 radical (unpaired) electrons. The predicted molar refractivity (Wildman–Crippen MR) is 72.6 cm³/mol. The van der Waals surface area contributed by atoms with Gasteiger partial charge in [-0.3, -0.25) is 0 Å². The Hall–Kier alpha value is -1.08. The van der Waals surface area contributed by atoms with Crippen LogP contribution >= 0.6 is 0 Å². The lowest BCUT2D eigenvalue weighted by Gasteiger charge is -2.17. The van der Waals surface area contributed by atoms with Crippen LogP contribution in [0.15, 0.2) is 30.3 Å². The third-order valence-corrected chi connectivity index (χ3v) is 2.95. The van der Waals surface area contributed by atoms with Crippen molar-refractivity contribution >= 4 is 6.08 Å². The molecular weight excluding hydrogens is 194 g/mol. The molecule has 0 bridgehead atoms. The minimum Gasteiger partial charge on any atom is -0.304 e. The molecule has 0 fully saturated rings. The molecule has 1 rings (SSSR count). The Kier molecular flexibility index (Phi) is 5.87. The third-order valence-electron chi connectivity index (χ3n) is 2.95. The molecule has 0 N–H and O–H groups in total. The van der Waals surface area contributed by atoms with Crippen LogP contribution in [-0.2, 0) is 6.42 Å². The van der Waals surface area contributed by atoms with E-state index >= 15 is 0 Å². The topological polar surface area (TPSA) is 3.24 Å². The van der Waals surface area contributed by atoms with Crippen molar-refractivity contribution in [1.29, 1.82) is 0 Å². The van der Waals surface area contributed by atoms with E-state index in [1.807, 2.05) is 6.92 Å². The van der Waals surface area contributed by atoms with Crippen molar-refractivity contribution in [2.75, 3.05) is 19.6 Å². The molecule has 0 aliphatic rings. The second-order valence-corrected chi connectivity index (χ2v) is 4.02. The number of allylic oxidation sites excluding steroid dienone is 1. The van der Waals surface area contributed by atoms with Gasteiger partial charge >= 0.3 is 0 Å². The smallest absolute Gasteiger partial charge is 0.00216 e. The van der Waals surface area contributed by atoms with E-state index in [0.29, 0.717) is 0 Å². The van der Waals surface area contributed by atoms with Gasteiger partial charge in [0, 0.05) is 6.54 Å². The molecule has 0 atom stereocenters. The zero-order valence-electron chi connectivity index (χ0n) is 10.7. The van der Waals surface area contributed by atoms with Gasteiger partial charge in [-0.15, -0.1) is 0 Å². The molecule has 1 heteroatoms. The van der Waals surface area contributed by atoms with Gasteiger partial charge in [-0.25, -0.2) is 0 Å². The first-order chi connectivity index (χ1) is 7.80. The standard InChI is InChI=1S/C15H23N/c1-4-7-14-8-10-15(11-9-14)12-13-16(5-2)6-3/h4,7-11H,5-6,12-13H2,1-3H3/b7-4+. The van der Waals surface area contributed by atoms with E-state index in [1.165, 1.54) is 11.1 Å². The van der Waals surface area contributed by atoms with Gasteiger partial charge < -0.3 is 4.90 Å². The monoisotopic (exact) mass is 217 g/mol. The van der Waals surface area contributed by atoms with Gasteiger partial charge in [0.25, 0.3) is 0 Å². The molecule has 0 saturated heterocycles. The predicted octanol–water partition coefficient (Wildman–Crippen LogP) is 3.60. The Morgan fingerprint density at radius 2 is 1.69 bits per heavy atom. The molecule has 0 aromatic heterocycles. The van der Waals surface area contributed by atoms with E-state index in [9.17, 15) is 0 Å². The number of nitrogens with zero attached hydrogens (tertiary/aromatic N) is 1. The van der Waals surface area contributed by atoms with E-state index in [2.05, 4.69) is 55.2 Å². The molecule has 16 heavy (non-hydrogen) atoms. The molecule has 1 aromatic rings. The molecule has 0 heterocycles. The number of hydrogen-bond donors (Lipinski definition) is 0. The summed E-state index contributed by atoms with van der Waals surface area (Å²) in [5.41, 5.74) is 2.72. The number of benzene rings is 1. The molecule has 0 aliphatic heterocycles. The van der Waals surface area contributed by atoms with Crippen molar-refractivity contribution in [1.82, 2.24) is 4.90 Å². The summed E-state index contributed by atoms with van der Waals surface area (Å²) in [4.78, 5) is 2.46. The molecule has 0 spiro atoms. The Balaban J connectivity index is 2.48. The number of likely N-dealkylation sites (N-methyl/N-ethyl adjacent to an activating group) is 1. The van der Waals surface area contributed by atoms with Crippen molar-refractivity contribution in [3.8, 4) is 0 Å². The molecule has 0 aliphatic carbocycles. The SMILES string of the molecule is C/C=C/c1ccc(CCN(CC)CC)cc1. The van der Waals surface area contributed by atoms with Gasteiger partial charge in [0.1, 0.15) is 0 Å². The molecule has 1 aromatic carbocycles. The second kappa shape index (κ2) is 7.24. The molecule has 0 saturated carbocycles. The van der Waals surface area contributed by atoms with Crippen LogP contribution in [-0.4, -0.2) is 24.5 Å². The largest absolute Gasteiger partial charge is 0.304 e. The van der Waals surface area contributed by atoms with Crippen LogP contribution in [0.5, 0.6) is 0 Å². The van der Waals surface area contributed by atoms with E-state index < -0.39 is 0 Å². The first kappa shape index (κ1) is 13.0. The zero-order valence-corrected chi connectivity index (χ0v) is 10.7. The lowest BCUT2D eigenvalue weighted by molar-refractivity contribution is 0.308. The van der Waals surface area contributed by atoms with Crippen LogP contribution in [0.3, 0.4) is 0 Å². The fourth-order valence-electron chi connectivity index (χ4n) is 1.81. The van der Waals surface area contributed by atoms with Gasteiger partial charge in [-0.2, -0.15) is 0 Å². The highest BCUT2D eigenvalue weighted by Crippen LogP contribution is 2.07. The Labute approximate surface area is 99.8 Å². The Morgan fingerprint density at radius 3 is 2.19 bits per heavy atom. The molecule has 1 nitrogen and oxygen atoms in total. The minimum atomic E-state index is 1.15. The van der Waals surface area contributed by atoms with Gasteiger partial charge in [-0.05, 0) is 37.6 Å². The van der Waals surface area contributed by atoms with Gasteiger partial charge in [0.05, 0.1) is 0 Å². The van der Waals surface area contributed by atoms with Crippen molar-refractivity contribution in [3.05, 3.63) is 41.5 Å². The van der Waals surface area contributed by atoms with Crippen LogP contribution in [0.1, 0.15) is 31.9 Å². The number of hydrogen-bond acceptors (Lipinski definition) is 1. The maximum Gasteiger partial charge on any atom is 0.00216 e. The van der Waals surface area contributed by atoms with Crippen LogP contribution in [0.25, 0.3) is 6.08 Å². The van der Waals surface area contributed by atoms with E-state index in [1.54, 1.807) is 0 Å². The van der Waals surface area contributed by atoms with Gasteiger partial charge in [0.15, 0.2) is 0 Å². The third kappa shape index (κ3) is 4.19. The Bertz CT molecular complexity index is 307. The summed E-state index contributed by atoms with van der Waals surface area (Å²) >= 11 is 0. The summed E-state index contributed by atoms with van der Waals surface area (Å²) in [7, 11) is 0. The second-order valence-electron chi connectivity index (χ2n) is 4.02. The molecule has 0 amide bonds. The average molecular weight is 217 g/mol. The van der Waals surface area contributed by atoms with Gasteiger partial charge in [0.2, 0.25) is 0 Å². The molecular formula is C15H23N. The van der Waals surface area contributed by atoms with Crippen molar-refractivity contribution in [3.63, 3.8) is 0 Å². The summed E-state index contributed by atoms with van der Waals surface area (Å²) < 4.78 is 0. The molecule has 88 valence electrons. The highest BCUT2D eigenvalue weighted by atomic mass is 15.1.